The van der Waals surface area contributed by atoms with Crippen molar-refractivity contribution in [2.24, 2.45) is 5.92 Å². The molecule has 0 aliphatic carbocycles. The van der Waals surface area contributed by atoms with Crippen molar-refractivity contribution in [3.63, 3.8) is 0 Å². The van der Waals surface area contributed by atoms with Gasteiger partial charge in [-0.15, -0.1) is 0 Å². The van der Waals surface area contributed by atoms with Crippen molar-refractivity contribution >= 4 is 34.2 Å². The number of carboxylic acids is 1. The molecule has 1 aliphatic heterocycles. The second-order valence-electron chi connectivity index (χ2n) is 5.52. The van der Waals surface area contributed by atoms with Gasteiger partial charge in [-0.1, -0.05) is 11.6 Å². The number of aromatic nitrogens is 1. The topological polar surface area (TPSA) is 53.4 Å². The van der Waals surface area contributed by atoms with Crippen LogP contribution < -0.4 is 4.90 Å². The summed E-state index contributed by atoms with van der Waals surface area (Å²) >= 11 is 6.02. The van der Waals surface area contributed by atoms with E-state index in [2.05, 4.69) is 9.88 Å². The molecule has 0 saturated carbocycles. The highest BCUT2D eigenvalue weighted by molar-refractivity contribution is 6.31. The van der Waals surface area contributed by atoms with Crippen molar-refractivity contribution in [2.45, 2.75) is 19.3 Å². The van der Waals surface area contributed by atoms with Gasteiger partial charge in [-0.2, -0.15) is 0 Å². The third kappa shape index (κ3) is 3.10. The fourth-order valence-corrected chi connectivity index (χ4v) is 3.17. The number of rotatable bonds is 3. The van der Waals surface area contributed by atoms with Gasteiger partial charge in [0.15, 0.2) is 0 Å². The maximum atomic E-state index is 10.8. The summed E-state index contributed by atoms with van der Waals surface area (Å²) in [5, 5.41) is 10.7. The van der Waals surface area contributed by atoms with E-state index >= 15 is 0 Å². The Hall–Kier alpha value is -1.81. The van der Waals surface area contributed by atoms with Gasteiger partial charge in [0.05, 0.1) is 5.52 Å². The number of carbonyl (C=O) groups is 1. The Morgan fingerprint density at radius 2 is 2.10 bits per heavy atom. The Balaban J connectivity index is 1.81. The van der Waals surface area contributed by atoms with E-state index in [1.54, 1.807) is 6.20 Å². The molecule has 1 N–H and O–H groups in total. The van der Waals surface area contributed by atoms with Gasteiger partial charge >= 0.3 is 5.97 Å². The second-order valence-corrected chi connectivity index (χ2v) is 5.96. The van der Waals surface area contributed by atoms with E-state index in [0.29, 0.717) is 10.9 Å². The molecule has 0 amide bonds. The highest BCUT2D eigenvalue weighted by atomic mass is 35.5. The third-order valence-corrected chi connectivity index (χ3v) is 4.34. The van der Waals surface area contributed by atoms with Gasteiger partial charge in [-0.05, 0) is 43.0 Å². The molecular weight excluding hydrogens is 288 g/mol. The zero-order valence-electron chi connectivity index (χ0n) is 11.6. The standard InChI is InChI=1S/C16H17ClN2O2/c17-12-1-2-13-14(10-12)18-6-3-15(13)19-7-4-11(5-8-19)9-16(20)21/h1-3,6,10-11H,4-5,7-9H2,(H,20,21). The number of fused-ring (bicyclic) bond motifs is 1. The van der Waals surface area contributed by atoms with Gasteiger partial charge in [0, 0.05) is 41.8 Å². The molecule has 1 saturated heterocycles. The predicted molar refractivity (Wildman–Crippen MR) is 83.9 cm³/mol. The summed E-state index contributed by atoms with van der Waals surface area (Å²) < 4.78 is 0. The molecular formula is C16H17ClN2O2. The van der Waals surface area contributed by atoms with E-state index in [9.17, 15) is 4.79 Å². The van der Waals surface area contributed by atoms with Crippen LogP contribution in [0.1, 0.15) is 19.3 Å². The van der Waals surface area contributed by atoms with Gasteiger partial charge in [-0.25, -0.2) is 0 Å². The van der Waals surface area contributed by atoms with Crippen molar-refractivity contribution in [3.8, 4) is 0 Å². The molecule has 5 heteroatoms. The van der Waals surface area contributed by atoms with Crippen molar-refractivity contribution in [1.82, 2.24) is 4.98 Å². The quantitative estimate of drug-likeness (QED) is 0.941. The second kappa shape index (κ2) is 5.90. The lowest BCUT2D eigenvalue weighted by Crippen LogP contribution is -2.34. The zero-order valence-corrected chi connectivity index (χ0v) is 12.4. The normalized spacial score (nSPS) is 16.3. The Morgan fingerprint density at radius 3 is 2.81 bits per heavy atom. The molecule has 0 atom stereocenters. The van der Waals surface area contributed by atoms with E-state index in [1.807, 2.05) is 24.3 Å². The molecule has 0 spiro atoms. The summed E-state index contributed by atoms with van der Waals surface area (Å²) in [7, 11) is 0. The Labute approximate surface area is 128 Å². The Morgan fingerprint density at radius 1 is 1.33 bits per heavy atom. The van der Waals surface area contributed by atoms with Crippen LogP contribution in [0.5, 0.6) is 0 Å². The van der Waals surface area contributed by atoms with Gasteiger partial charge in [0.2, 0.25) is 0 Å². The summed E-state index contributed by atoms with van der Waals surface area (Å²) in [4.78, 5) is 17.5. The predicted octanol–water partition coefficient (Wildman–Crippen LogP) is 3.58. The molecule has 1 aliphatic rings. The number of halogens is 1. The zero-order chi connectivity index (χ0) is 14.8. The Bertz CT molecular complexity index is 666. The number of anilines is 1. The maximum Gasteiger partial charge on any atom is 0.303 e. The van der Waals surface area contributed by atoms with E-state index in [0.717, 1.165) is 42.5 Å². The molecule has 0 radical (unpaired) electrons. The maximum absolute atomic E-state index is 10.8. The van der Waals surface area contributed by atoms with E-state index in [4.69, 9.17) is 16.7 Å². The Kier molecular flexibility index (Phi) is 3.97. The van der Waals surface area contributed by atoms with Crippen molar-refractivity contribution < 1.29 is 9.90 Å². The van der Waals surface area contributed by atoms with Gasteiger partial charge in [-0.3, -0.25) is 9.78 Å². The molecule has 0 unspecified atom stereocenters. The number of pyridine rings is 1. The van der Waals surface area contributed by atoms with E-state index < -0.39 is 5.97 Å². The molecule has 1 aromatic carbocycles. The first-order valence-corrected chi connectivity index (χ1v) is 7.52. The number of carboxylic acid groups (broad SMARTS) is 1. The average molecular weight is 305 g/mol. The van der Waals surface area contributed by atoms with Crippen molar-refractivity contribution in [2.75, 3.05) is 18.0 Å². The highest BCUT2D eigenvalue weighted by Crippen LogP contribution is 2.31. The molecule has 2 aromatic rings. The van der Waals surface area contributed by atoms with Crippen LogP contribution in [0.2, 0.25) is 5.02 Å². The number of aliphatic carboxylic acids is 1. The van der Waals surface area contributed by atoms with Crippen LogP contribution in [0, 0.1) is 5.92 Å². The van der Waals surface area contributed by atoms with Crippen LogP contribution in [-0.4, -0.2) is 29.1 Å². The van der Waals surface area contributed by atoms with E-state index in [-0.39, 0.29) is 6.42 Å². The molecule has 2 heterocycles. The monoisotopic (exact) mass is 304 g/mol. The lowest BCUT2D eigenvalue weighted by atomic mass is 9.93. The first kappa shape index (κ1) is 14.1. The van der Waals surface area contributed by atoms with Crippen LogP contribution in [0.15, 0.2) is 30.5 Å². The number of piperidine rings is 1. The van der Waals surface area contributed by atoms with Gasteiger partial charge in [0.1, 0.15) is 0 Å². The van der Waals surface area contributed by atoms with E-state index in [1.165, 1.54) is 0 Å². The molecule has 0 bridgehead atoms. The fraction of sp³-hybridized carbons (Fsp3) is 0.375. The average Bonchev–Trinajstić information content (AvgIpc) is 2.46. The van der Waals surface area contributed by atoms with Crippen LogP contribution in [0.25, 0.3) is 10.9 Å². The SMILES string of the molecule is O=C(O)CC1CCN(c2ccnc3cc(Cl)ccc23)CC1. The van der Waals surface area contributed by atoms with Crippen LogP contribution in [0.3, 0.4) is 0 Å². The first-order valence-electron chi connectivity index (χ1n) is 7.14. The molecule has 1 aromatic heterocycles. The van der Waals surface area contributed by atoms with Crippen LogP contribution in [0.4, 0.5) is 5.69 Å². The summed E-state index contributed by atoms with van der Waals surface area (Å²) in [6.45, 7) is 1.78. The largest absolute Gasteiger partial charge is 0.481 e. The smallest absolute Gasteiger partial charge is 0.303 e. The molecule has 21 heavy (non-hydrogen) atoms. The van der Waals surface area contributed by atoms with Gasteiger partial charge in [0.25, 0.3) is 0 Å². The molecule has 4 nitrogen and oxygen atoms in total. The third-order valence-electron chi connectivity index (χ3n) is 4.10. The fourth-order valence-electron chi connectivity index (χ4n) is 3.01. The van der Waals surface area contributed by atoms with Gasteiger partial charge < -0.3 is 10.0 Å². The van der Waals surface area contributed by atoms with Crippen LogP contribution in [-0.2, 0) is 4.79 Å². The lowest BCUT2D eigenvalue weighted by molar-refractivity contribution is -0.138. The lowest BCUT2D eigenvalue weighted by Gasteiger charge is -2.33. The minimum Gasteiger partial charge on any atom is -0.481 e. The van der Waals surface area contributed by atoms with Crippen LogP contribution >= 0.6 is 11.6 Å². The minimum atomic E-state index is -0.697. The summed E-state index contributed by atoms with van der Waals surface area (Å²) in [6.07, 6.45) is 3.92. The molecule has 110 valence electrons. The summed E-state index contributed by atoms with van der Waals surface area (Å²) in [6, 6.07) is 7.78. The number of hydrogen-bond donors (Lipinski definition) is 1. The molecule has 1 fully saturated rings. The van der Waals surface area contributed by atoms with Crippen molar-refractivity contribution in [3.05, 3.63) is 35.5 Å². The molecule has 3 rings (SSSR count). The highest BCUT2D eigenvalue weighted by Gasteiger charge is 2.22. The minimum absolute atomic E-state index is 0.278. The number of nitrogens with zero attached hydrogens (tertiary/aromatic N) is 2. The first-order chi connectivity index (χ1) is 10.1. The number of hydrogen-bond acceptors (Lipinski definition) is 3. The van der Waals surface area contributed by atoms with Crippen molar-refractivity contribution in [1.29, 1.82) is 0 Å². The summed E-state index contributed by atoms with van der Waals surface area (Å²) in [5.41, 5.74) is 2.05. The summed E-state index contributed by atoms with van der Waals surface area (Å²) in [5.74, 6) is -0.404. The number of benzene rings is 1.